The molecular formula is C46H66N6O12+2. The van der Waals surface area contributed by atoms with Gasteiger partial charge in [0, 0.05) is 52.7 Å². The van der Waals surface area contributed by atoms with Crippen molar-refractivity contribution in [3.63, 3.8) is 0 Å². The molecule has 3 rings (SSSR count). The van der Waals surface area contributed by atoms with Gasteiger partial charge in [-0.3, -0.25) is 29.0 Å². The highest BCUT2D eigenvalue weighted by Crippen LogP contribution is 2.19. The van der Waals surface area contributed by atoms with E-state index in [9.17, 15) is 28.8 Å². The van der Waals surface area contributed by atoms with E-state index in [0.29, 0.717) is 37.2 Å². The molecule has 18 nitrogen and oxygen atoms in total. The molecule has 0 fully saturated rings. The van der Waals surface area contributed by atoms with Crippen molar-refractivity contribution in [3.05, 3.63) is 95.1 Å². The third kappa shape index (κ3) is 16.4. The summed E-state index contributed by atoms with van der Waals surface area (Å²) in [4.78, 5) is 86.2. The van der Waals surface area contributed by atoms with Crippen LogP contribution in [-0.4, -0.2) is 201 Å². The van der Waals surface area contributed by atoms with Gasteiger partial charge in [0.25, 0.3) is 11.8 Å². The predicted molar refractivity (Wildman–Crippen MR) is 237 cm³/mol. The van der Waals surface area contributed by atoms with Crippen LogP contribution in [0.5, 0.6) is 11.5 Å². The Morgan fingerprint density at radius 3 is 1.14 bits per heavy atom. The number of carbonyl (C=O) groups is 6. The zero-order valence-electron chi connectivity index (χ0n) is 38.1. The SMILES string of the molecule is COCC[N+](C=O)(CCOC)CN(CN(C=O)CCc1ccc(OC)cc1)C(=O)c1cccc(C(=O)N(CN(C=O)CCc2ccc(OC)cc2)C[N+](C=O)(CCOC)CCOC)c1. The second-order valence-electron chi connectivity index (χ2n) is 15.4. The molecule has 3 aromatic rings. The van der Waals surface area contributed by atoms with Crippen molar-refractivity contribution in [2.24, 2.45) is 0 Å². The van der Waals surface area contributed by atoms with Gasteiger partial charge in [0.05, 0.1) is 40.6 Å². The standard InChI is InChI=1S/C46H66N6O12/c1-59-26-22-51(37-55,23-27-60-2)33-49(31-47(35-53)20-18-39-10-14-43(63-5)15-11-39)45(57)41-8-7-9-42(30-41)46(58)50(34-52(38-56,24-28-61-3)25-29-62-4)32-48(36-54)21-19-40-12-16-44(64-6)17-13-40/h7-17,30,35-38H,18-29,31-34H2,1-6H3/q+2. The molecule has 0 saturated heterocycles. The van der Waals surface area contributed by atoms with Crippen molar-refractivity contribution >= 4 is 37.5 Å². The molecule has 0 aromatic heterocycles. The molecule has 18 heteroatoms. The van der Waals surface area contributed by atoms with E-state index < -0.39 is 11.8 Å². The Hall–Kier alpha value is -5.76. The van der Waals surface area contributed by atoms with Gasteiger partial charge in [0.15, 0.2) is 13.3 Å². The Labute approximate surface area is 376 Å². The number of methoxy groups -OCH3 is 6. The first-order chi connectivity index (χ1) is 31.0. The molecule has 0 N–H and O–H groups in total. The summed E-state index contributed by atoms with van der Waals surface area (Å²) >= 11 is 0. The van der Waals surface area contributed by atoms with E-state index in [-0.39, 0.29) is 112 Å². The molecule has 64 heavy (non-hydrogen) atoms. The van der Waals surface area contributed by atoms with Crippen LogP contribution in [0.25, 0.3) is 0 Å². The van der Waals surface area contributed by atoms with E-state index in [1.807, 2.05) is 48.5 Å². The highest BCUT2D eigenvalue weighted by atomic mass is 16.5. The smallest absolute Gasteiger partial charge is 0.303 e. The number of rotatable bonds is 34. The minimum absolute atomic E-state index is 0.107. The third-order valence-electron chi connectivity index (χ3n) is 10.9. The van der Waals surface area contributed by atoms with Gasteiger partial charge in [-0.2, -0.15) is 0 Å². The number of amides is 6. The topological polar surface area (TPSA) is 171 Å². The van der Waals surface area contributed by atoms with Crippen LogP contribution in [0.15, 0.2) is 72.8 Å². The van der Waals surface area contributed by atoms with Gasteiger partial charge < -0.3 is 38.2 Å². The lowest BCUT2D eigenvalue weighted by Crippen LogP contribution is -2.59. The summed E-state index contributed by atoms with van der Waals surface area (Å²) in [5.41, 5.74) is 2.09. The third-order valence-corrected chi connectivity index (χ3v) is 10.9. The molecule has 0 aliphatic heterocycles. The normalized spacial score (nSPS) is 11.3. The van der Waals surface area contributed by atoms with E-state index >= 15 is 0 Å². The lowest BCUT2D eigenvalue weighted by atomic mass is 10.1. The van der Waals surface area contributed by atoms with Crippen LogP contribution in [0, 0.1) is 0 Å². The van der Waals surface area contributed by atoms with Crippen molar-refractivity contribution in [2.75, 3.05) is 135 Å². The largest absolute Gasteiger partial charge is 0.497 e. The van der Waals surface area contributed by atoms with Crippen LogP contribution in [0.3, 0.4) is 0 Å². The van der Waals surface area contributed by atoms with Crippen LogP contribution in [-0.2, 0) is 51.0 Å². The van der Waals surface area contributed by atoms with Crippen LogP contribution >= 0.6 is 0 Å². The molecule has 0 heterocycles. The van der Waals surface area contributed by atoms with Crippen molar-refractivity contribution in [1.82, 2.24) is 19.6 Å². The fourth-order valence-electron chi connectivity index (χ4n) is 6.93. The number of quaternary nitrogens is 2. The first kappa shape index (κ1) is 52.6. The Kier molecular flexibility index (Phi) is 23.1. The zero-order chi connectivity index (χ0) is 46.8. The summed E-state index contributed by atoms with van der Waals surface area (Å²) in [6, 6.07) is 21.0. The number of hydrogen-bond acceptors (Lipinski definition) is 12. The van der Waals surface area contributed by atoms with Crippen LogP contribution in [0.4, 0.5) is 0 Å². The Balaban J connectivity index is 2.05. The molecule has 0 aliphatic rings. The minimum Gasteiger partial charge on any atom is -0.497 e. The summed E-state index contributed by atoms with van der Waals surface area (Å²) in [6.07, 6.45) is 3.74. The number of hydrogen-bond donors (Lipinski definition) is 0. The first-order valence-electron chi connectivity index (χ1n) is 20.9. The van der Waals surface area contributed by atoms with Gasteiger partial charge in [-0.25, -0.2) is 18.6 Å². The highest BCUT2D eigenvalue weighted by Gasteiger charge is 2.36. The molecule has 3 aromatic carbocycles. The van der Waals surface area contributed by atoms with Gasteiger partial charge in [-0.05, 0) is 66.4 Å². The molecule has 350 valence electrons. The van der Waals surface area contributed by atoms with E-state index in [1.54, 1.807) is 32.4 Å². The maximum atomic E-state index is 14.7. The summed E-state index contributed by atoms with van der Waals surface area (Å²) in [6.45, 7) is 1.49. The van der Waals surface area contributed by atoms with Gasteiger partial charge in [-0.1, -0.05) is 30.3 Å². The summed E-state index contributed by atoms with van der Waals surface area (Å²) in [5, 5.41) is 0. The van der Waals surface area contributed by atoms with Crippen LogP contribution in [0.1, 0.15) is 31.8 Å². The summed E-state index contributed by atoms with van der Waals surface area (Å²) < 4.78 is 31.4. The zero-order valence-corrected chi connectivity index (χ0v) is 38.1. The second kappa shape index (κ2) is 28.1. The predicted octanol–water partition coefficient (Wildman–Crippen LogP) is 2.35. The van der Waals surface area contributed by atoms with E-state index in [2.05, 4.69) is 0 Å². The van der Waals surface area contributed by atoms with Gasteiger partial charge >= 0.3 is 12.8 Å². The van der Waals surface area contributed by atoms with Crippen LogP contribution < -0.4 is 9.47 Å². The highest BCUT2D eigenvalue weighted by molar-refractivity contribution is 5.99. The van der Waals surface area contributed by atoms with Gasteiger partial charge in [0.1, 0.15) is 51.0 Å². The van der Waals surface area contributed by atoms with Crippen LogP contribution in [0.2, 0.25) is 0 Å². The number of ether oxygens (including phenoxy) is 6. The quantitative estimate of drug-likeness (QED) is 0.0488. The molecule has 0 radical (unpaired) electrons. The average molecular weight is 895 g/mol. The molecule has 6 amide bonds. The molecule has 0 spiro atoms. The first-order valence-corrected chi connectivity index (χ1v) is 20.9. The average Bonchev–Trinajstić information content (AvgIpc) is 3.34. The van der Waals surface area contributed by atoms with Gasteiger partial charge in [-0.15, -0.1) is 0 Å². The molecule has 0 aliphatic carbocycles. The molecule has 0 atom stereocenters. The molecular weight excluding hydrogens is 829 g/mol. The van der Waals surface area contributed by atoms with Gasteiger partial charge in [0.2, 0.25) is 12.8 Å². The lowest BCUT2D eigenvalue weighted by Gasteiger charge is -2.38. The maximum absolute atomic E-state index is 14.7. The molecule has 0 saturated carbocycles. The summed E-state index contributed by atoms with van der Waals surface area (Å²) in [7, 11) is 9.21. The Bertz CT molecular complexity index is 1740. The Morgan fingerprint density at radius 2 is 0.859 bits per heavy atom. The molecule has 0 bridgehead atoms. The monoisotopic (exact) mass is 894 g/mol. The number of nitrogens with zero attached hydrogens (tertiary/aromatic N) is 6. The summed E-state index contributed by atoms with van der Waals surface area (Å²) in [5.74, 6) is 0.279. The fourth-order valence-corrected chi connectivity index (χ4v) is 6.93. The fraction of sp³-hybridized carbons (Fsp3) is 0.478. The Morgan fingerprint density at radius 1 is 0.516 bits per heavy atom. The van der Waals surface area contributed by atoms with E-state index in [1.165, 1.54) is 54.1 Å². The maximum Gasteiger partial charge on any atom is 0.303 e. The number of benzene rings is 3. The van der Waals surface area contributed by atoms with E-state index in [4.69, 9.17) is 28.4 Å². The number of carbonyl (C=O) groups excluding carboxylic acids is 6. The molecule has 0 unspecified atom stereocenters. The van der Waals surface area contributed by atoms with Crippen molar-refractivity contribution < 1.29 is 66.2 Å². The second-order valence-corrected chi connectivity index (χ2v) is 15.4. The van der Waals surface area contributed by atoms with E-state index in [0.717, 1.165) is 23.9 Å². The van der Waals surface area contributed by atoms with Crippen molar-refractivity contribution in [3.8, 4) is 11.5 Å². The lowest BCUT2D eigenvalue weighted by molar-refractivity contribution is -0.856. The minimum atomic E-state index is -0.552. The van der Waals surface area contributed by atoms with Crippen molar-refractivity contribution in [1.29, 1.82) is 0 Å². The van der Waals surface area contributed by atoms with Crippen molar-refractivity contribution in [2.45, 2.75) is 12.8 Å².